The highest BCUT2D eigenvalue weighted by Gasteiger charge is 2.14. The maximum atomic E-state index is 11.2. The largest absolute Gasteiger partial charge is 0.462 e. The van der Waals surface area contributed by atoms with Crippen molar-refractivity contribution in [1.29, 1.82) is 0 Å². The van der Waals surface area contributed by atoms with E-state index < -0.39 is 5.97 Å². The first-order valence-electron chi connectivity index (χ1n) is 4.49. The molecule has 0 aromatic heterocycles. The Bertz CT molecular complexity index is 260. The van der Waals surface area contributed by atoms with Gasteiger partial charge < -0.3 is 9.57 Å². The first-order valence-corrected chi connectivity index (χ1v) is 4.49. The van der Waals surface area contributed by atoms with E-state index in [-0.39, 0.29) is 19.0 Å². The van der Waals surface area contributed by atoms with E-state index in [1.54, 1.807) is 0 Å². The van der Waals surface area contributed by atoms with Gasteiger partial charge in [-0.05, 0) is 19.3 Å². The molecule has 1 aliphatic carbocycles. The zero-order valence-corrected chi connectivity index (χ0v) is 7.82. The van der Waals surface area contributed by atoms with Crippen molar-refractivity contribution in [1.82, 2.24) is 0 Å². The molecule has 0 atom stereocenters. The topological polar surface area (TPSA) is 78.6 Å². The second kappa shape index (κ2) is 5.39. The van der Waals surface area contributed by atoms with Crippen LogP contribution < -0.4 is 5.90 Å². The third kappa shape index (κ3) is 3.18. The second-order valence-electron chi connectivity index (χ2n) is 3.00. The summed E-state index contributed by atoms with van der Waals surface area (Å²) in [6.45, 7) is 0.0200. The molecule has 1 aliphatic rings. The van der Waals surface area contributed by atoms with Gasteiger partial charge in [0.2, 0.25) is 0 Å². The van der Waals surface area contributed by atoms with Gasteiger partial charge in [0, 0.05) is 5.57 Å². The van der Waals surface area contributed by atoms with Crippen LogP contribution in [0.4, 0.5) is 0 Å². The molecule has 5 heteroatoms. The number of nitrogens with two attached hydrogens (primary N) is 1. The minimum absolute atomic E-state index is 0.00444. The molecule has 14 heavy (non-hydrogen) atoms. The van der Waals surface area contributed by atoms with Gasteiger partial charge >= 0.3 is 11.9 Å². The lowest BCUT2D eigenvalue weighted by atomic mass is 10.2. The van der Waals surface area contributed by atoms with Crippen LogP contribution >= 0.6 is 0 Å². The number of rotatable bonds is 4. The number of carbonyl (C=O) groups is 2. The van der Waals surface area contributed by atoms with Crippen LogP contribution in [0.3, 0.4) is 0 Å². The molecule has 0 saturated heterocycles. The number of hydrogen-bond acceptors (Lipinski definition) is 5. The van der Waals surface area contributed by atoms with Gasteiger partial charge in [0.1, 0.15) is 6.61 Å². The highest BCUT2D eigenvalue weighted by Crippen LogP contribution is 2.18. The van der Waals surface area contributed by atoms with Crippen molar-refractivity contribution in [2.45, 2.75) is 25.7 Å². The van der Waals surface area contributed by atoms with Crippen molar-refractivity contribution in [2.24, 2.45) is 5.90 Å². The molecular weight excluding hydrogens is 186 g/mol. The summed E-state index contributed by atoms with van der Waals surface area (Å²) in [6.07, 6.45) is 4.55. The Balaban J connectivity index is 2.18. The van der Waals surface area contributed by atoms with Crippen molar-refractivity contribution in [2.75, 3.05) is 6.61 Å². The molecule has 0 fully saturated rings. The van der Waals surface area contributed by atoms with E-state index in [9.17, 15) is 9.59 Å². The molecule has 0 amide bonds. The summed E-state index contributed by atoms with van der Waals surface area (Å²) in [5, 5.41) is 0. The number of carbonyl (C=O) groups excluding carboxylic acids is 2. The van der Waals surface area contributed by atoms with Crippen molar-refractivity contribution in [3.05, 3.63) is 11.6 Å². The van der Waals surface area contributed by atoms with E-state index in [0.29, 0.717) is 5.57 Å². The molecule has 0 aliphatic heterocycles. The normalized spacial score (nSPS) is 14.8. The third-order valence-electron chi connectivity index (χ3n) is 1.97. The lowest BCUT2D eigenvalue weighted by molar-refractivity contribution is -0.147. The molecule has 0 unspecified atom stereocenters. The Kier molecular flexibility index (Phi) is 4.12. The quantitative estimate of drug-likeness (QED) is 0.525. The SMILES string of the molecule is NOC(=O)CCOC(=O)C1=CCCC1. The zero-order valence-electron chi connectivity index (χ0n) is 7.82. The third-order valence-corrected chi connectivity index (χ3v) is 1.97. The second-order valence-corrected chi connectivity index (χ2v) is 3.00. The van der Waals surface area contributed by atoms with Crippen molar-refractivity contribution in [3.63, 3.8) is 0 Å². The molecule has 0 saturated carbocycles. The van der Waals surface area contributed by atoms with Gasteiger partial charge in [0.05, 0.1) is 6.42 Å². The van der Waals surface area contributed by atoms with Gasteiger partial charge in [-0.15, -0.1) is 0 Å². The fourth-order valence-corrected chi connectivity index (χ4v) is 1.23. The average Bonchev–Trinajstić information content (AvgIpc) is 2.70. The fourth-order valence-electron chi connectivity index (χ4n) is 1.23. The molecule has 0 spiro atoms. The zero-order chi connectivity index (χ0) is 10.4. The minimum Gasteiger partial charge on any atom is -0.462 e. The van der Waals surface area contributed by atoms with Crippen LogP contribution in [0.15, 0.2) is 11.6 Å². The molecule has 0 aromatic carbocycles. The number of esters is 1. The Morgan fingerprint density at radius 2 is 2.29 bits per heavy atom. The Labute approximate surface area is 81.8 Å². The van der Waals surface area contributed by atoms with Gasteiger partial charge in [-0.3, -0.25) is 4.79 Å². The lowest BCUT2D eigenvalue weighted by Crippen LogP contribution is -2.15. The van der Waals surface area contributed by atoms with E-state index >= 15 is 0 Å². The predicted molar refractivity (Wildman–Crippen MR) is 47.8 cm³/mol. The highest BCUT2D eigenvalue weighted by molar-refractivity contribution is 5.89. The Morgan fingerprint density at radius 3 is 2.86 bits per heavy atom. The molecule has 0 bridgehead atoms. The van der Waals surface area contributed by atoms with Crippen molar-refractivity contribution >= 4 is 11.9 Å². The summed E-state index contributed by atoms with van der Waals surface area (Å²) >= 11 is 0. The molecular formula is C9H13NO4. The molecule has 1 rings (SSSR count). The van der Waals surface area contributed by atoms with Gasteiger partial charge in [0.25, 0.3) is 0 Å². The van der Waals surface area contributed by atoms with Gasteiger partial charge in [-0.1, -0.05) is 6.08 Å². The maximum Gasteiger partial charge on any atom is 0.333 e. The van der Waals surface area contributed by atoms with Crippen LogP contribution in [-0.4, -0.2) is 18.5 Å². The van der Waals surface area contributed by atoms with Gasteiger partial charge in [-0.2, -0.15) is 5.90 Å². The standard InChI is InChI=1S/C9H13NO4/c10-14-8(11)5-6-13-9(12)7-3-1-2-4-7/h3H,1-2,4-6,10H2. The van der Waals surface area contributed by atoms with E-state index in [1.807, 2.05) is 6.08 Å². The van der Waals surface area contributed by atoms with Crippen LogP contribution in [0, 0.1) is 0 Å². The summed E-state index contributed by atoms with van der Waals surface area (Å²) in [7, 11) is 0. The first-order chi connectivity index (χ1) is 6.74. The van der Waals surface area contributed by atoms with E-state index in [2.05, 4.69) is 10.7 Å². The average molecular weight is 199 g/mol. The first kappa shape index (κ1) is 10.7. The van der Waals surface area contributed by atoms with Gasteiger partial charge in [0.15, 0.2) is 0 Å². The summed E-state index contributed by atoms with van der Waals surface area (Å²) in [4.78, 5) is 25.7. The molecule has 5 nitrogen and oxygen atoms in total. The van der Waals surface area contributed by atoms with E-state index in [1.165, 1.54) is 0 Å². The highest BCUT2D eigenvalue weighted by atomic mass is 16.7. The van der Waals surface area contributed by atoms with Crippen LogP contribution in [0.1, 0.15) is 25.7 Å². The Hall–Kier alpha value is -1.36. The molecule has 0 aromatic rings. The summed E-state index contributed by atoms with van der Waals surface area (Å²) in [6, 6.07) is 0. The van der Waals surface area contributed by atoms with Crippen LogP contribution in [0.2, 0.25) is 0 Å². The summed E-state index contributed by atoms with van der Waals surface area (Å²) in [5.41, 5.74) is 0.700. The van der Waals surface area contributed by atoms with Crippen LogP contribution in [0.5, 0.6) is 0 Å². The monoisotopic (exact) mass is 199 g/mol. The Morgan fingerprint density at radius 1 is 1.50 bits per heavy atom. The van der Waals surface area contributed by atoms with Crippen LogP contribution in [-0.2, 0) is 19.2 Å². The summed E-state index contributed by atoms with van der Waals surface area (Å²) < 4.78 is 4.83. The van der Waals surface area contributed by atoms with E-state index in [4.69, 9.17) is 4.74 Å². The molecule has 2 N–H and O–H groups in total. The molecule has 78 valence electrons. The lowest BCUT2D eigenvalue weighted by Gasteiger charge is -2.03. The van der Waals surface area contributed by atoms with Crippen LogP contribution in [0.25, 0.3) is 0 Å². The summed E-state index contributed by atoms with van der Waals surface area (Å²) in [5.74, 6) is 3.68. The van der Waals surface area contributed by atoms with Crippen molar-refractivity contribution < 1.29 is 19.2 Å². The van der Waals surface area contributed by atoms with Crippen molar-refractivity contribution in [3.8, 4) is 0 Å². The number of ether oxygens (including phenoxy) is 1. The molecule has 0 radical (unpaired) electrons. The maximum absolute atomic E-state index is 11.2. The number of hydrogen-bond donors (Lipinski definition) is 1. The van der Waals surface area contributed by atoms with Gasteiger partial charge in [-0.25, -0.2) is 4.79 Å². The number of allylic oxidation sites excluding steroid dienone is 1. The minimum atomic E-state index is -0.585. The fraction of sp³-hybridized carbons (Fsp3) is 0.556. The predicted octanol–water partition coefficient (Wildman–Crippen LogP) is 0.447. The van der Waals surface area contributed by atoms with E-state index in [0.717, 1.165) is 19.3 Å². The molecule has 0 heterocycles. The smallest absolute Gasteiger partial charge is 0.333 e.